The highest BCUT2D eigenvalue weighted by Crippen LogP contribution is 2.40. The van der Waals surface area contributed by atoms with Crippen molar-refractivity contribution in [2.75, 3.05) is 102 Å². The third-order valence-electron chi connectivity index (χ3n) is 14.5. The van der Waals surface area contributed by atoms with Crippen LogP contribution in [-0.4, -0.2) is 127 Å². The van der Waals surface area contributed by atoms with Crippen LogP contribution in [0, 0.1) is 19.8 Å². The summed E-state index contributed by atoms with van der Waals surface area (Å²) in [4.78, 5) is 81.1. The number of piperazine rings is 1. The number of benzene rings is 3. The summed E-state index contributed by atoms with van der Waals surface area (Å²) in [7, 11) is 1.60. The van der Waals surface area contributed by atoms with Crippen molar-refractivity contribution < 1.29 is 33.4 Å². The van der Waals surface area contributed by atoms with Gasteiger partial charge in [-0.2, -0.15) is 0 Å². The maximum absolute atomic E-state index is 13.7. The molecular formula is C55H65N11O7. The SMILES string of the molecule is COc1ccc(CN2C(=O)CCN(c3ccc(N4CCN(CC5CCN(c6ccc(Nc7ncc8c(n7)CN(c7cnc9c(c7C)N(C(=O)OC(C)(C)C)CCO9)CC8)cc6)CC5)C(=O)C4)cc3C)C2=O)cc1. The first kappa shape index (κ1) is 49.0. The van der Waals surface area contributed by atoms with E-state index in [2.05, 4.69) is 54.2 Å². The minimum Gasteiger partial charge on any atom is -0.497 e. The van der Waals surface area contributed by atoms with Crippen molar-refractivity contribution in [3.63, 3.8) is 0 Å². The number of hydrogen-bond donors (Lipinski definition) is 1. The van der Waals surface area contributed by atoms with Crippen molar-refractivity contribution >= 4 is 64.0 Å². The van der Waals surface area contributed by atoms with Gasteiger partial charge < -0.3 is 39.1 Å². The molecule has 0 unspecified atom stereocenters. The number of imide groups is 1. The molecule has 0 radical (unpaired) electrons. The number of urea groups is 1. The van der Waals surface area contributed by atoms with E-state index in [1.165, 1.54) is 4.90 Å². The van der Waals surface area contributed by atoms with Crippen molar-refractivity contribution in [1.29, 1.82) is 0 Å². The predicted octanol–water partition coefficient (Wildman–Crippen LogP) is 7.86. The summed E-state index contributed by atoms with van der Waals surface area (Å²) in [6.45, 7) is 16.4. The number of fused-ring (bicyclic) bond motifs is 2. The van der Waals surface area contributed by atoms with Gasteiger partial charge in [-0.05, 0) is 131 Å². The van der Waals surface area contributed by atoms with Crippen LogP contribution in [0.5, 0.6) is 11.6 Å². The first-order chi connectivity index (χ1) is 35.2. The van der Waals surface area contributed by atoms with Crippen LogP contribution in [0.15, 0.2) is 79.1 Å². The largest absolute Gasteiger partial charge is 0.497 e. The van der Waals surface area contributed by atoms with Gasteiger partial charge in [0.25, 0.3) is 0 Å². The molecule has 3 saturated heterocycles. The van der Waals surface area contributed by atoms with E-state index in [0.29, 0.717) is 68.5 Å². The van der Waals surface area contributed by atoms with E-state index >= 15 is 0 Å². The van der Waals surface area contributed by atoms with Crippen LogP contribution in [0.3, 0.4) is 0 Å². The van der Waals surface area contributed by atoms with Crippen LogP contribution < -0.4 is 39.3 Å². The minimum atomic E-state index is -0.628. The summed E-state index contributed by atoms with van der Waals surface area (Å²) in [5, 5.41) is 3.41. The Morgan fingerprint density at radius 3 is 2.27 bits per heavy atom. The highest BCUT2D eigenvalue weighted by Gasteiger charge is 2.36. The van der Waals surface area contributed by atoms with Gasteiger partial charge in [-0.1, -0.05) is 12.1 Å². The average molecular weight is 992 g/mol. The predicted molar refractivity (Wildman–Crippen MR) is 280 cm³/mol. The molecule has 5 aromatic rings. The first-order valence-electron chi connectivity index (χ1n) is 25.4. The van der Waals surface area contributed by atoms with E-state index < -0.39 is 11.7 Å². The van der Waals surface area contributed by atoms with Gasteiger partial charge in [0.15, 0.2) is 0 Å². The Balaban J connectivity index is 0.693. The van der Waals surface area contributed by atoms with Crippen LogP contribution in [-0.2, 0) is 33.8 Å². The van der Waals surface area contributed by atoms with Gasteiger partial charge in [-0.25, -0.2) is 24.5 Å². The zero-order chi connectivity index (χ0) is 51.0. The number of methoxy groups -OCH3 is 1. The number of carbonyl (C=O) groups is 4. The van der Waals surface area contributed by atoms with Crippen LogP contribution in [0.4, 0.5) is 49.7 Å². The molecule has 7 heterocycles. The van der Waals surface area contributed by atoms with E-state index in [1.807, 2.05) is 94.4 Å². The Labute approximate surface area is 426 Å². The molecule has 0 saturated carbocycles. The average Bonchev–Trinajstić information content (AvgIpc) is 3.38. The fourth-order valence-corrected chi connectivity index (χ4v) is 10.5. The number of ether oxygens (including phenoxy) is 3. The molecule has 18 heteroatoms. The molecule has 2 aromatic heterocycles. The Hall–Kier alpha value is -7.63. The van der Waals surface area contributed by atoms with Crippen LogP contribution in [0.2, 0.25) is 0 Å². The number of pyridine rings is 1. The molecule has 3 aromatic carbocycles. The summed E-state index contributed by atoms with van der Waals surface area (Å²) in [6, 6.07) is 21.4. The lowest BCUT2D eigenvalue weighted by molar-refractivity contribution is -0.132. The Morgan fingerprint density at radius 1 is 0.781 bits per heavy atom. The number of nitrogens with one attached hydrogen (secondary N) is 1. The molecule has 10 rings (SSSR count). The van der Waals surface area contributed by atoms with E-state index in [-0.39, 0.29) is 30.8 Å². The fraction of sp³-hybridized carbons (Fsp3) is 0.436. The molecule has 0 aliphatic carbocycles. The molecule has 3 fully saturated rings. The lowest BCUT2D eigenvalue weighted by Crippen LogP contribution is -2.52. The number of aromatic nitrogens is 3. The lowest BCUT2D eigenvalue weighted by atomic mass is 9.95. The minimum absolute atomic E-state index is 0.128. The Morgan fingerprint density at radius 2 is 1.55 bits per heavy atom. The first-order valence-corrected chi connectivity index (χ1v) is 25.4. The van der Waals surface area contributed by atoms with Gasteiger partial charge >= 0.3 is 12.1 Å². The summed E-state index contributed by atoms with van der Waals surface area (Å²) in [5.74, 6) is 2.04. The van der Waals surface area contributed by atoms with Crippen LogP contribution in [0.25, 0.3) is 0 Å². The van der Waals surface area contributed by atoms with E-state index in [0.717, 1.165) is 108 Å². The maximum atomic E-state index is 13.7. The summed E-state index contributed by atoms with van der Waals surface area (Å²) in [5.41, 5.74) is 9.42. The van der Waals surface area contributed by atoms with Crippen LogP contribution in [0.1, 0.15) is 68.0 Å². The lowest BCUT2D eigenvalue weighted by Gasteiger charge is -2.40. The molecule has 5 aliphatic rings. The number of aryl methyl sites for hydroxylation is 1. The second kappa shape index (κ2) is 20.5. The summed E-state index contributed by atoms with van der Waals surface area (Å²) >= 11 is 0. The zero-order valence-corrected chi connectivity index (χ0v) is 42.7. The summed E-state index contributed by atoms with van der Waals surface area (Å²) < 4.78 is 16.9. The van der Waals surface area contributed by atoms with Gasteiger partial charge in [0.2, 0.25) is 23.6 Å². The maximum Gasteiger partial charge on any atom is 0.415 e. The molecule has 1 N–H and O–H groups in total. The smallest absolute Gasteiger partial charge is 0.415 e. The van der Waals surface area contributed by atoms with Crippen molar-refractivity contribution in [2.24, 2.45) is 5.92 Å². The zero-order valence-electron chi connectivity index (χ0n) is 42.7. The fourth-order valence-electron chi connectivity index (χ4n) is 10.5. The molecule has 382 valence electrons. The normalized spacial score (nSPS) is 17.6. The molecular weight excluding hydrogens is 927 g/mol. The number of anilines is 7. The molecule has 18 nitrogen and oxygen atoms in total. The Kier molecular flexibility index (Phi) is 13.7. The number of carbonyl (C=O) groups excluding carboxylic acids is 4. The quantitative estimate of drug-likeness (QED) is 0.136. The molecule has 0 atom stereocenters. The molecule has 5 amide bonds. The third-order valence-corrected chi connectivity index (χ3v) is 14.5. The molecule has 0 bridgehead atoms. The topological polar surface area (TPSA) is 169 Å². The monoisotopic (exact) mass is 992 g/mol. The van der Waals surface area contributed by atoms with Gasteiger partial charge in [0.05, 0.1) is 50.9 Å². The van der Waals surface area contributed by atoms with Crippen molar-refractivity contribution in [2.45, 2.75) is 79.0 Å². The molecule has 73 heavy (non-hydrogen) atoms. The third kappa shape index (κ3) is 10.6. The van der Waals surface area contributed by atoms with Gasteiger partial charge in [-0.15, -0.1) is 0 Å². The van der Waals surface area contributed by atoms with Crippen molar-refractivity contribution in [3.05, 3.63) is 107 Å². The standard InChI is InChI=1S/C55H65N11O7/c1-36-29-43(13-16-46(36)64-24-20-48(67)66(53(64)69)33-38-7-14-44(71-6)15-8-38)61-25-26-63(49(68)35-61)32-39-17-21-60(22-18-39)42-11-9-41(10-12-42)58-52-57-30-40-19-23-62(34-45(40)59-52)47-31-56-51-50(37(47)2)65(27-28-72-51)54(70)73-55(3,4)5/h7-16,29-31,39H,17-28,32-35H2,1-6H3,(H,57,58,59). The van der Waals surface area contributed by atoms with Gasteiger partial charge in [-0.3, -0.25) is 24.3 Å². The number of amides is 5. The van der Waals surface area contributed by atoms with E-state index in [9.17, 15) is 19.2 Å². The molecule has 5 aliphatic heterocycles. The number of hydrogen-bond acceptors (Lipinski definition) is 14. The summed E-state index contributed by atoms with van der Waals surface area (Å²) in [6.07, 6.45) is 6.35. The van der Waals surface area contributed by atoms with Crippen molar-refractivity contribution in [3.8, 4) is 11.6 Å². The molecule has 0 spiro atoms. The number of rotatable bonds is 11. The highest BCUT2D eigenvalue weighted by atomic mass is 16.6. The highest BCUT2D eigenvalue weighted by molar-refractivity contribution is 6.06. The van der Waals surface area contributed by atoms with E-state index in [1.54, 1.807) is 16.9 Å². The second-order valence-electron chi connectivity index (χ2n) is 20.6. The number of nitrogens with zero attached hydrogens (tertiary/aromatic N) is 10. The van der Waals surface area contributed by atoms with Crippen molar-refractivity contribution in [1.82, 2.24) is 24.8 Å². The van der Waals surface area contributed by atoms with Gasteiger partial charge in [0, 0.05) is 86.7 Å². The second-order valence-corrected chi connectivity index (χ2v) is 20.6. The van der Waals surface area contributed by atoms with E-state index in [4.69, 9.17) is 19.2 Å². The number of piperidine rings is 1. The van der Waals surface area contributed by atoms with Gasteiger partial charge in [0.1, 0.15) is 23.6 Å². The Bertz CT molecular complexity index is 2880. The van der Waals surface area contributed by atoms with Crippen LogP contribution >= 0.6 is 0 Å².